The van der Waals surface area contributed by atoms with Crippen molar-refractivity contribution in [2.75, 3.05) is 12.0 Å². The van der Waals surface area contributed by atoms with E-state index in [0.717, 1.165) is 4.90 Å². The first-order chi connectivity index (χ1) is 10.9. The van der Waals surface area contributed by atoms with Crippen molar-refractivity contribution in [1.29, 1.82) is 0 Å². The van der Waals surface area contributed by atoms with Gasteiger partial charge in [-0.05, 0) is 24.3 Å². The Morgan fingerprint density at radius 3 is 2.48 bits per heavy atom. The molecule has 9 heteroatoms. The Kier molecular flexibility index (Phi) is 5.35. The first kappa shape index (κ1) is 17.4. The van der Waals surface area contributed by atoms with E-state index in [1.807, 2.05) is 0 Å². The number of ether oxygens (including phenoxy) is 1. The summed E-state index contributed by atoms with van der Waals surface area (Å²) in [7, 11) is 1.38. The van der Waals surface area contributed by atoms with Crippen LogP contribution in [-0.2, 0) is 4.79 Å². The van der Waals surface area contributed by atoms with E-state index < -0.39 is 4.92 Å². The smallest absolute Gasteiger partial charge is 0.297 e. The van der Waals surface area contributed by atoms with Crippen LogP contribution in [0.1, 0.15) is 0 Å². The summed E-state index contributed by atoms with van der Waals surface area (Å²) in [5, 5.41) is 11.7. The molecule has 0 aromatic heterocycles. The molecule has 0 fully saturated rings. The monoisotopic (exact) mass is 372 g/mol. The molecule has 2 aromatic rings. The standard InChI is InChI=1S/C14H10Cl2N2O4S/c1-22-8-2-5-11(12(6-8)18(20)21)17(7-19)13-9(15)3-4-10(16)14(13)23/h2-7,23H,1H3. The van der Waals surface area contributed by atoms with E-state index in [1.54, 1.807) is 0 Å². The fourth-order valence-electron chi connectivity index (χ4n) is 1.97. The van der Waals surface area contributed by atoms with E-state index in [9.17, 15) is 14.9 Å². The first-order valence-corrected chi connectivity index (χ1v) is 7.35. The van der Waals surface area contributed by atoms with Crippen molar-refractivity contribution in [2.45, 2.75) is 4.90 Å². The Morgan fingerprint density at radius 2 is 1.91 bits per heavy atom. The van der Waals surface area contributed by atoms with E-state index in [4.69, 9.17) is 27.9 Å². The lowest BCUT2D eigenvalue weighted by molar-refractivity contribution is -0.384. The van der Waals surface area contributed by atoms with Crippen molar-refractivity contribution in [3.8, 4) is 5.75 Å². The van der Waals surface area contributed by atoms with Crippen LogP contribution in [0.3, 0.4) is 0 Å². The molecule has 0 unspecified atom stereocenters. The summed E-state index contributed by atoms with van der Waals surface area (Å²) in [4.78, 5) is 23.5. The number of hydrogen-bond donors (Lipinski definition) is 1. The van der Waals surface area contributed by atoms with Crippen molar-refractivity contribution >= 4 is 59.3 Å². The molecule has 0 spiro atoms. The van der Waals surface area contributed by atoms with Gasteiger partial charge in [0.2, 0.25) is 6.41 Å². The van der Waals surface area contributed by atoms with Gasteiger partial charge in [0.05, 0.1) is 33.8 Å². The number of halogens is 2. The second kappa shape index (κ2) is 7.08. The summed E-state index contributed by atoms with van der Waals surface area (Å²) < 4.78 is 4.97. The van der Waals surface area contributed by atoms with Gasteiger partial charge in [0.15, 0.2) is 0 Å². The number of nitro groups is 1. The molecule has 0 atom stereocenters. The highest BCUT2D eigenvalue weighted by atomic mass is 35.5. The van der Waals surface area contributed by atoms with Crippen LogP contribution in [0.4, 0.5) is 17.1 Å². The molecule has 2 rings (SSSR count). The minimum absolute atomic E-state index is 0.0188. The van der Waals surface area contributed by atoms with Crippen LogP contribution in [0.2, 0.25) is 10.0 Å². The summed E-state index contributed by atoms with van der Waals surface area (Å²) in [6.07, 6.45) is 0.409. The van der Waals surface area contributed by atoms with Gasteiger partial charge in [-0.3, -0.25) is 19.8 Å². The van der Waals surface area contributed by atoms with Gasteiger partial charge in [-0.15, -0.1) is 12.6 Å². The zero-order valence-corrected chi connectivity index (χ0v) is 14.1. The Morgan fingerprint density at radius 1 is 1.26 bits per heavy atom. The average Bonchev–Trinajstić information content (AvgIpc) is 2.54. The van der Waals surface area contributed by atoms with Gasteiger partial charge in [-0.1, -0.05) is 23.2 Å². The predicted molar refractivity (Wildman–Crippen MR) is 91.6 cm³/mol. The maximum Gasteiger partial charge on any atom is 0.297 e. The first-order valence-electron chi connectivity index (χ1n) is 6.14. The van der Waals surface area contributed by atoms with Gasteiger partial charge in [0.25, 0.3) is 5.69 Å². The van der Waals surface area contributed by atoms with Gasteiger partial charge < -0.3 is 4.74 Å². The minimum atomic E-state index is -0.620. The number of benzene rings is 2. The molecule has 6 nitrogen and oxygen atoms in total. The molecular weight excluding hydrogens is 363 g/mol. The normalized spacial score (nSPS) is 10.3. The molecule has 0 bridgehead atoms. The van der Waals surface area contributed by atoms with Gasteiger partial charge >= 0.3 is 0 Å². The SMILES string of the molecule is COc1ccc(N(C=O)c2c(Cl)ccc(Cl)c2S)c([N+](=O)[O-])c1. The summed E-state index contributed by atoms with van der Waals surface area (Å²) in [5.74, 6) is 0.287. The summed E-state index contributed by atoms with van der Waals surface area (Å²) in [5.41, 5.74) is -0.142. The highest BCUT2D eigenvalue weighted by Gasteiger charge is 2.25. The summed E-state index contributed by atoms with van der Waals surface area (Å²) >= 11 is 16.3. The maximum absolute atomic E-state index is 11.6. The van der Waals surface area contributed by atoms with Crippen LogP contribution in [-0.4, -0.2) is 18.4 Å². The van der Waals surface area contributed by atoms with Crippen LogP contribution >= 0.6 is 35.8 Å². The molecule has 0 aliphatic heterocycles. The molecule has 2 aromatic carbocycles. The number of carbonyl (C=O) groups excluding carboxylic acids is 1. The lowest BCUT2D eigenvalue weighted by atomic mass is 10.2. The number of carbonyl (C=O) groups is 1. The molecule has 0 saturated heterocycles. The largest absolute Gasteiger partial charge is 0.496 e. The van der Waals surface area contributed by atoms with E-state index in [-0.39, 0.29) is 37.8 Å². The minimum Gasteiger partial charge on any atom is -0.496 e. The molecular formula is C14H10Cl2N2O4S. The molecule has 120 valence electrons. The molecule has 0 heterocycles. The molecule has 23 heavy (non-hydrogen) atoms. The van der Waals surface area contributed by atoms with E-state index in [1.165, 1.54) is 37.4 Å². The van der Waals surface area contributed by atoms with Crippen molar-refractivity contribution < 1.29 is 14.5 Å². The highest BCUT2D eigenvalue weighted by molar-refractivity contribution is 7.80. The lowest BCUT2D eigenvalue weighted by Crippen LogP contribution is -2.17. The molecule has 0 N–H and O–H groups in total. The van der Waals surface area contributed by atoms with Crippen LogP contribution in [0.5, 0.6) is 5.75 Å². The zero-order valence-electron chi connectivity index (χ0n) is 11.7. The number of rotatable bonds is 5. The predicted octanol–water partition coefficient (Wildman–Crippen LogP) is 4.49. The lowest BCUT2D eigenvalue weighted by Gasteiger charge is -2.21. The number of methoxy groups -OCH3 is 1. The number of nitrogens with zero attached hydrogens (tertiary/aromatic N) is 2. The second-order valence-electron chi connectivity index (χ2n) is 4.31. The van der Waals surface area contributed by atoms with Gasteiger partial charge in [-0.2, -0.15) is 0 Å². The third-order valence-corrected chi connectivity index (χ3v) is 4.24. The van der Waals surface area contributed by atoms with Crippen LogP contribution < -0.4 is 9.64 Å². The summed E-state index contributed by atoms with van der Waals surface area (Å²) in [6.45, 7) is 0. The van der Waals surface area contributed by atoms with E-state index >= 15 is 0 Å². The van der Waals surface area contributed by atoms with Crippen molar-refractivity contribution in [2.24, 2.45) is 0 Å². The second-order valence-corrected chi connectivity index (χ2v) is 5.58. The Bertz CT molecular complexity index is 786. The van der Waals surface area contributed by atoms with E-state index in [2.05, 4.69) is 12.6 Å². The number of anilines is 2. The third-order valence-electron chi connectivity index (χ3n) is 3.04. The third kappa shape index (κ3) is 3.36. The number of thiol groups is 1. The topological polar surface area (TPSA) is 72.7 Å². The van der Waals surface area contributed by atoms with Crippen molar-refractivity contribution in [3.63, 3.8) is 0 Å². The fraction of sp³-hybridized carbons (Fsp3) is 0.0714. The van der Waals surface area contributed by atoms with Crippen molar-refractivity contribution in [1.82, 2.24) is 0 Å². The van der Waals surface area contributed by atoms with Gasteiger partial charge in [0, 0.05) is 4.90 Å². The molecule has 0 aliphatic carbocycles. The van der Waals surface area contributed by atoms with Crippen molar-refractivity contribution in [3.05, 3.63) is 50.5 Å². The van der Waals surface area contributed by atoms with Gasteiger partial charge in [0.1, 0.15) is 11.4 Å². The average molecular weight is 373 g/mol. The van der Waals surface area contributed by atoms with Crippen LogP contribution in [0.25, 0.3) is 0 Å². The number of nitro benzene ring substituents is 1. The zero-order chi connectivity index (χ0) is 17.1. The number of amides is 1. The highest BCUT2D eigenvalue weighted by Crippen LogP contribution is 2.43. The molecule has 0 aliphatic rings. The van der Waals surface area contributed by atoms with Crippen LogP contribution in [0, 0.1) is 10.1 Å². The Hall–Kier alpha value is -1.96. The fourth-order valence-corrected chi connectivity index (χ4v) is 2.74. The molecule has 0 saturated carbocycles. The number of hydrogen-bond acceptors (Lipinski definition) is 5. The Labute approximate surface area is 147 Å². The quantitative estimate of drug-likeness (QED) is 0.363. The molecule has 0 radical (unpaired) electrons. The maximum atomic E-state index is 11.6. The Balaban J connectivity index is 2.70. The van der Waals surface area contributed by atoms with E-state index in [0.29, 0.717) is 6.41 Å². The van der Waals surface area contributed by atoms with Gasteiger partial charge in [-0.25, -0.2) is 0 Å². The summed E-state index contributed by atoms with van der Waals surface area (Å²) in [6, 6.07) is 7.08. The molecule has 1 amide bonds. The van der Waals surface area contributed by atoms with Crippen LogP contribution in [0.15, 0.2) is 35.2 Å².